The Labute approximate surface area is 62.8 Å². The van der Waals surface area contributed by atoms with Crippen molar-refractivity contribution in [1.82, 2.24) is 0 Å². The fraction of sp³-hybridized carbons (Fsp3) is 1.00. The molecule has 2 aliphatic rings. The van der Waals surface area contributed by atoms with Gasteiger partial charge in [0.25, 0.3) is 0 Å². The predicted octanol–water partition coefficient (Wildman–Crippen LogP) is 1.66. The van der Waals surface area contributed by atoms with Crippen molar-refractivity contribution in [2.45, 2.75) is 44.6 Å². The zero-order valence-corrected chi connectivity index (χ0v) is 7.59. The van der Waals surface area contributed by atoms with Crippen molar-refractivity contribution in [3.8, 4) is 0 Å². The van der Waals surface area contributed by atoms with Crippen LogP contribution in [0.2, 0.25) is 12.1 Å². The quantitative estimate of drug-likeness (QED) is 0.499. The number of rotatable bonds is 0. The van der Waals surface area contributed by atoms with Gasteiger partial charge < -0.3 is 8.85 Å². The second-order valence-electron chi connectivity index (χ2n) is 3.41. The van der Waals surface area contributed by atoms with Crippen molar-refractivity contribution in [2.24, 2.45) is 0 Å². The Kier molecular flexibility index (Phi) is 1.41. The summed E-state index contributed by atoms with van der Waals surface area (Å²) in [5.41, 5.74) is 0. The molecular formula is C7H14O2Si. The molecule has 0 N–H and O–H groups in total. The minimum Gasteiger partial charge on any atom is -0.389 e. The molecule has 58 valence electrons. The fourth-order valence-corrected chi connectivity index (χ4v) is 4.79. The molecule has 2 unspecified atom stereocenters. The fourth-order valence-electron chi connectivity index (χ4n) is 1.60. The standard InChI is InChI=1S/C7H14O2Si/c1-6-7(2)9-10(8-6)4-3-5-10/h6-7H,3-5H2,1-2H3. The van der Waals surface area contributed by atoms with E-state index in [0.717, 1.165) is 0 Å². The van der Waals surface area contributed by atoms with E-state index >= 15 is 0 Å². The lowest BCUT2D eigenvalue weighted by Crippen LogP contribution is -2.44. The van der Waals surface area contributed by atoms with E-state index in [0.29, 0.717) is 12.2 Å². The molecule has 0 amide bonds. The summed E-state index contributed by atoms with van der Waals surface area (Å²) in [7, 11) is -1.51. The molecule has 2 atom stereocenters. The van der Waals surface area contributed by atoms with Crippen LogP contribution in [0.25, 0.3) is 0 Å². The highest BCUT2D eigenvalue weighted by Crippen LogP contribution is 2.41. The van der Waals surface area contributed by atoms with Crippen molar-refractivity contribution in [1.29, 1.82) is 0 Å². The van der Waals surface area contributed by atoms with E-state index in [2.05, 4.69) is 13.8 Å². The van der Waals surface area contributed by atoms with Crippen LogP contribution in [-0.2, 0) is 8.85 Å². The molecule has 0 bridgehead atoms. The lowest BCUT2D eigenvalue weighted by atomic mass is 10.3. The van der Waals surface area contributed by atoms with E-state index in [4.69, 9.17) is 8.85 Å². The van der Waals surface area contributed by atoms with Crippen LogP contribution in [0.5, 0.6) is 0 Å². The third-order valence-corrected chi connectivity index (χ3v) is 6.41. The second kappa shape index (κ2) is 2.06. The first-order valence-electron chi connectivity index (χ1n) is 4.07. The van der Waals surface area contributed by atoms with Crippen LogP contribution in [0.3, 0.4) is 0 Å². The van der Waals surface area contributed by atoms with Gasteiger partial charge in [-0.25, -0.2) is 0 Å². The Morgan fingerprint density at radius 3 is 1.80 bits per heavy atom. The summed E-state index contributed by atoms with van der Waals surface area (Å²) in [5.74, 6) is 0. The second-order valence-corrected chi connectivity index (χ2v) is 6.70. The highest BCUT2D eigenvalue weighted by atomic mass is 28.4. The van der Waals surface area contributed by atoms with Gasteiger partial charge in [-0.3, -0.25) is 0 Å². The van der Waals surface area contributed by atoms with Crippen LogP contribution < -0.4 is 0 Å². The van der Waals surface area contributed by atoms with Gasteiger partial charge in [-0.15, -0.1) is 0 Å². The predicted molar refractivity (Wildman–Crippen MR) is 41.1 cm³/mol. The maximum atomic E-state index is 5.81. The van der Waals surface area contributed by atoms with Crippen molar-refractivity contribution >= 4 is 8.56 Å². The van der Waals surface area contributed by atoms with Gasteiger partial charge in [0.05, 0.1) is 12.2 Å². The minimum atomic E-state index is -1.51. The van der Waals surface area contributed by atoms with E-state index in [1.54, 1.807) is 0 Å². The van der Waals surface area contributed by atoms with E-state index in [-0.39, 0.29) is 0 Å². The van der Waals surface area contributed by atoms with Crippen LogP contribution in [0.1, 0.15) is 20.3 Å². The number of hydrogen-bond acceptors (Lipinski definition) is 2. The summed E-state index contributed by atoms with van der Waals surface area (Å²) in [5, 5.41) is 0. The lowest BCUT2D eigenvalue weighted by Gasteiger charge is -2.32. The highest BCUT2D eigenvalue weighted by Gasteiger charge is 2.52. The molecule has 2 rings (SSSR count). The monoisotopic (exact) mass is 158 g/mol. The summed E-state index contributed by atoms with van der Waals surface area (Å²) >= 11 is 0. The molecule has 1 spiro atoms. The van der Waals surface area contributed by atoms with Crippen molar-refractivity contribution in [3.05, 3.63) is 0 Å². The van der Waals surface area contributed by atoms with Gasteiger partial charge in [0.2, 0.25) is 0 Å². The number of hydrogen-bond donors (Lipinski definition) is 0. The summed E-state index contributed by atoms with van der Waals surface area (Å²) in [6.07, 6.45) is 2.03. The van der Waals surface area contributed by atoms with Gasteiger partial charge in [-0.2, -0.15) is 0 Å². The van der Waals surface area contributed by atoms with Crippen molar-refractivity contribution in [2.75, 3.05) is 0 Å². The van der Waals surface area contributed by atoms with Crippen LogP contribution in [0.4, 0.5) is 0 Å². The minimum absolute atomic E-state index is 0.354. The Balaban J connectivity index is 2.03. The normalized spacial score (nSPS) is 43.8. The molecule has 0 aliphatic carbocycles. The average Bonchev–Trinajstić information content (AvgIpc) is 2.08. The zero-order chi connectivity index (χ0) is 7.19. The molecule has 3 heteroatoms. The summed E-state index contributed by atoms with van der Waals surface area (Å²) < 4.78 is 11.6. The highest BCUT2D eigenvalue weighted by molar-refractivity contribution is 6.70. The zero-order valence-electron chi connectivity index (χ0n) is 6.59. The van der Waals surface area contributed by atoms with E-state index < -0.39 is 8.56 Å². The van der Waals surface area contributed by atoms with Crippen LogP contribution in [0, 0.1) is 0 Å². The first-order chi connectivity index (χ1) is 4.72. The first-order valence-corrected chi connectivity index (χ1v) is 6.31. The topological polar surface area (TPSA) is 18.5 Å². The summed E-state index contributed by atoms with van der Waals surface area (Å²) in [4.78, 5) is 0. The summed E-state index contributed by atoms with van der Waals surface area (Å²) in [6.45, 7) is 4.23. The van der Waals surface area contributed by atoms with Gasteiger partial charge in [-0.05, 0) is 32.4 Å². The first kappa shape index (κ1) is 6.82. The molecule has 2 nitrogen and oxygen atoms in total. The van der Waals surface area contributed by atoms with E-state index in [1.807, 2.05) is 0 Å². The van der Waals surface area contributed by atoms with Gasteiger partial charge in [0.1, 0.15) is 0 Å². The third kappa shape index (κ3) is 0.846. The maximum absolute atomic E-state index is 5.81. The largest absolute Gasteiger partial charge is 0.389 e. The molecule has 10 heavy (non-hydrogen) atoms. The molecule has 0 aromatic carbocycles. The Morgan fingerprint density at radius 1 is 1.10 bits per heavy atom. The van der Waals surface area contributed by atoms with Gasteiger partial charge in [-0.1, -0.05) is 0 Å². The molecule has 0 saturated carbocycles. The van der Waals surface area contributed by atoms with Crippen LogP contribution in [-0.4, -0.2) is 20.8 Å². The molecule has 2 saturated heterocycles. The van der Waals surface area contributed by atoms with Gasteiger partial charge >= 0.3 is 8.56 Å². The van der Waals surface area contributed by atoms with Crippen molar-refractivity contribution in [3.63, 3.8) is 0 Å². The van der Waals surface area contributed by atoms with Gasteiger partial charge in [0, 0.05) is 0 Å². The average molecular weight is 158 g/mol. The molecular weight excluding hydrogens is 144 g/mol. The molecule has 0 radical (unpaired) electrons. The maximum Gasteiger partial charge on any atom is 0.338 e. The lowest BCUT2D eigenvalue weighted by molar-refractivity contribution is 0.187. The molecule has 2 fully saturated rings. The van der Waals surface area contributed by atoms with Crippen LogP contribution >= 0.6 is 0 Å². The molecule has 2 heterocycles. The van der Waals surface area contributed by atoms with Crippen molar-refractivity contribution < 1.29 is 8.85 Å². The molecule has 0 aromatic heterocycles. The summed E-state index contributed by atoms with van der Waals surface area (Å²) in [6, 6.07) is 2.48. The SMILES string of the molecule is CC1O[Si]2(CCC2)OC1C. The van der Waals surface area contributed by atoms with Gasteiger partial charge in [0.15, 0.2) is 0 Å². The smallest absolute Gasteiger partial charge is 0.338 e. The molecule has 0 aromatic rings. The Bertz CT molecular complexity index is 133. The Hall–Kier alpha value is 0.137. The Morgan fingerprint density at radius 2 is 1.60 bits per heavy atom. The van der Waals surface area contributed by atoms with E-state index in [9.17, 15) is 0 Å². The van der Waals surface area contributed by atoms with E-state index in [1.165, 1.54) is 18.5 Å². The molecule has 2 aliphatic heterocycles. The third-order valence-electron chi connectivity index (χ3n) is 2.58. The van der Waals surface area contributed by atoms with Crippen LogP contribution in [0.15, 0.2) is 0 Å².